The quantitative estimate of drug-likeness (QED) is 0.755. The smallest absolute Gasteiger partial charge is 0.193 e. The van der Waals surface area contributed by atoms with E-state index in [1.165, 1.54) is 11.3 Å². The molecule has 0 aliphatic rings. The summed E-state index contributed by atoms with van der Waals surface area (Å²) in [6.07, 6.45) is 0. The first-order chi connectivity index (χ1) is 7.68. The fraction of sp³-hybridized carbons (Fsp3) is 0.231. The van der Waals surface area contributed by atoms with Crippen LogP contribution < -0.4 is 0 Å². The molecule has 1 aromatic carbocycles. The lowest BCUT2D eigenvalue weighted by Crippen LogP contribution is -2.06. The highest BCUT2D eigenvalue weighted by Crippen LogP contribution is 2.22. The number of carbonyl (C=O) groups excluding carboxylic acids is 1. The highest BCUT2D eigenvalue weighted by molar-refractivity contribution is 7.12. The molecule has 0 fully saturated rings. The summed E-state index contributed by atoms with van der Waals surface area (Å²) in [6.45, 7) is 3.79. The molecule has 2 aromatic rings. The Labute approximate surface area is 99.0 Å². The van der Waals surface area contributed by atoms with E-state index in [1.54, 1.807) is 0 Å². The average molecular weight is 231 g/mol. The summed E-state index contributed by atoms with van der Waals surface area (Å²) in [6, 6.07) is 9.91. The van der Waals surface area contributed by atoms with Crippen LogP contribution in [0.2, 0.25) is 0 Å². The maximum atomic E-state index is 11.7. The summed E-state index contributed by atoms with van der Waals surface area (Å²) in [4.78, 5) is 16.1. The molecule has 0 saturated heterocycles. The van der Waals surface area contributed by atoms with Crippen molar-refractivity contribution in [1.29, 1.82) is 0 Å². The number of nitrogens with zero attached hydrogens (tertiary/aromatic N) is 1. The van der Waals surface area contributed by atoms with Gasteiger partial charge in [0.25, 0.3) is 0 Å². The average Bonchev–Trinajstić information content (AvgIpc) is 2.78. The monoisotopic (exact) mass is 231 g/mol. The molecule has 0 bridgehead atoms. The van der Waals surface area contributed by atoms with Gasteiger partial charge in [-0.3, -0.25) is 4.79 Å². The van der Waals surface area contributed by atoms with Crippen LogP contribution in [0.15, 0.2) is 35.7 Å². The number of Topliss-reactive ketones (excluding diaryl/α,β-unsaturated/α-hetero) is 1. The van der Waals surface area contributed by atoms with Gasteiger partial charge in [-0.1, -0.05) is 44.2 Å². The number of aromatic nitrogens is 1. The Hall–Kier alpha value is -1.48. The Morgan fingerprint density at radius 1 is 1.25 bits per heavy atom. The molecule has 0 amide bonds. The van der Waals surface area contributed by atoms with Crippen LogP contribution in [-0.2, 0) is 0 Å². The highest BCUT2D eigenvalue weighted by Gasteiger charge is 2.14. The van der Waals surface area contributed by atoms with Gasteiger partial charge < -0.3 is 0 Å². The lowest BCUT2D eigenvalue weighted by molar-refractivity contribution is 0.0939. The molecular formula is C13H13NOS. The third kappa shape index (κ3) is 2.19. The third-order valence-electron chi connectivity index (χ3n) is 2.31. The van der Waals surface area contributed by atoms with Gasteiger partial charge >= 0.3 is 0 Å². The molecule has 0 spiro atoms. The van der Waals surface area contributed by atoms with Crippen LogP contribution >= 0.6 is 11.3 Å². The van der Waals surface area contributed by atoms with Crippen molar-refractivity contribution in [2.75, 3.05) is 0 Å². The molecule has 0 saturated carbocycles. The molecule has 3 heteroatoms. The topological polar surface area (TPSA) is 30.0 Å². The SMILES string of the molecule is CC(C)C(=O)c1nc(-c2ccccc2)cs1. The van der Waals surface area contributed by atoms with Crippen LogP contribution in [0.25, 0.3) is 11.3 Å². The molecule has 0 radical (unpaired) electrons. The second kappa shape index (κ2) is 4.58. The minimum atomic E-state index is 0.00905. The molecule has 1 aromatic heterocycles. The Kier molecular flexibility index (Phi) is 3.15. The minimum absolute atomic E-state index is 0.00905. The third-order valence-corrected chi connectivity index (χ3v) is 3.17. The number of benzene rings is 1. The number of carbonyl (C=O) groups is 1. The predicted octanol–water partition coefficient (Wildman–Crippen LogP) is 3.65. The van der Waals surface area contributed by atoms with Gasteiger partial charge in [0.15, 0.2) is 10.8 Å². The zero-order chi connectivity index (χ0) is 11.5. The van der Waals surface area contributed by atoms with Crippen molar-refractivity contribution >= 4 is 17.1 Å². The first kappa shape index (κ1) is 11.0. The Morgan fingerprint density at radius 2 is 1.94 bits per heavy atom. The van der Waals surface area contributed by atoms with E-state index in [4.69, 9.17) is 0 Å². The van der Waals surface area contributed by atoms with Gasteiger partial charge in [0.2, 0.25) is 0 Å². The van der Waals surface area contributed by atoms with E-state index in [0.29, 0.717) is 5.01 Å². The molecule has 1 heterocycles. The van der Waals surface area contributed by atoms with Crippen LogP contribution in [0.3, 0.4) is 0 Å². The van der Waals surface area contributed by atoms with Gasteiger partial charge in [-0.25, -0.2) is 4.98 Å². The Balaban J connectivity index is 2.30. The molecule has 16 heavy (non-hydrogen) atoms. The van der Waals surface area contributed by atoms with Gasteiger partial charge in [-0.15, -0.1) is 11.3 Å². The zero-order valence-corrected chi connectivity index (χ0v) is 10.1. The van der Waals surface area contributed by atoms with E-state index >= 15 is 0 Å². The molecule has 2 rings (SSSR count). The lowest BCUT2D eigenvalue weighted by Gasteiger charge is -1.98. The zero-order valence-electron chi connectivity index (χ0n) is 9.31. The molecule has 0 aliphatic heterocycles. The van der Waals surface area contributed by atoms with E-state index in [0.717, 1.165) is 11.3 Å². The summed E-state index contributed by atoms with van der Waals surface area (Å²) in [5.74, 6) is 0.127. The minimum Gasteiger partial charge on any atom is -0.291 e. The van der Waals surface area contributed by atoms with Crippen molar-refractivity contribution in [2.24, 2.45) is 5.92 Å². The first-order valence-corrected chi connectivity index (χ1v) is 6.11. The lowest BCUT2D eigenvalue weighted by atomic mass is 10.1. The highest BCUT2D eigenvalue weighted by atomic mass is 32.1. The van der Waals surface area contributed by atoms with E-state index < -0.39 is 0 Å². The largest absolute Gasteiger partial charge is 0.291 e. The summed E-state index contributed by atoms with van der Waals surface area (Å²) in [5.41, 5.74) is 1.94. The molecule has 0 unspecified atom stereocenters. The van der Waals surface area contributed by atoms with Crippen molar-refractivity contribution in [3.05, 3.63) is 40.7 Å². The van der Waals surface area contributed by atoms with Crippen molar-refractivity contribution < 1.29 is 4.79 Å². The first-order valence-electron chi connectivity index (χ1n) is 5.23. The van der Waals surface area contributed by atoms with Gasteiger partial charge in [0.1, 0.15) is 0 Å². The summed E-state index contributed by atoms with van der Waals surface area (Å²) < 4.78 is 0. The molecule has 0 aliphatic carbocycles. The van der Waals surface area contributed by atoms with Crippen LogP contribution in [-0.4, -0.2) is 10.8 Å². The van der Waals surface area contributed by atoms with E-state index in [1.807, 2.05) is 49.6 Å². The second-order valence-electron chi connectivity index (χ2n) is 3.92. The molecular weight excluding hydrogens is 218 g/mol. The van der Waals surface area contributed by atoms with Crippen molar-refractivity contribution in [2.45, 2.75) is 13.8 Å². The van der Waals surface area contributed by atoms with Crippen molar-refractivity contribution in [3.63, 3.8) is 0 Å². The van der Waals surface area contributed by atoms with Crippen molar-refractivity contribution in [3.8, 4) is 11.3 Å². The number of hydrogen-bond acceptors (Lipinski definition) is 3. The van der Waals surface area contributed by atoms with Crippen LogP contribution in [0.4, 0.5) is 0 Å². The number of rotatable bonds is 3. The Morgan fingerprint density at radius 3 is 2.56 bits per heavy atom. The number of hydrogen-bond donors (Lipinski definition) is 0. The normalized spacial score (nSPS) is 10.7. The van der Waals surface area contributed by atoms with Gasteiger partial charge in [0.05, 0.1) is 5.69 Å². The van der Waals surface area contributed by atoms with Crippen LogP contribution in [0.1, 0.15) is 23.6 Å². The standard InChI is InChI=1S/C13H13NOS/c1-9(2)12(15)13-14-11(8-16-13)10-6-4-3-5-7-10/h3-9H,1-2H3. The van der Waals surface area contributed by atoms with E-state index in [-0.39, 0.29) is 11.7 Å². The fourth-order valence-corrected chi connectivity index (χ4v) is 2.29. The Bertz CT molecular complexity index is 488. The summed E-state index contributed by atoms with van der Waals surface area (Å²) >= 11 is 1.42. The van der Waals surface area contributed by atoms with E-state index in [2.05, 4.69) is 4.98 Å². The fourth-order valence-electron chi connectivity index (χ4n) is 1.38. The molecule has 82 valence electrons. The van der Waals surface area contributed by atoms with Gasteiger partial charge in [-0.2, -0.15) is 0 Å². The molecule has 2 nitrogen and oxygen atoms in total. The van der Waals surface area contributed by atoms with Crippen LogP contribution in [0.5, 0.6) is 0 Å². The van der Waals surface area contributed by atoms with Crippen LogP contribution in [0, 0.1) is 5.92 Å². The number of thiazole rings is 1. The van der Waals surface area contributed by atoms with Gasteiger partial charge in [0, 0.05) is 16.9 Å². The van der Waals surface area contributed by atoms with E-state index in [9.17, 15) is 4.79 Å². The molecule has 0 atom stereocenters. The summed E-state index contributed by atoms with van der Waals surface area (Å²) in [5, 5.41) is 2.54. The van der Waals surface area contributed by atoms with Crippen molar-refractivity contribution in [1.82, 2.24) is 4.98 Å². The molecule has 0 N–H and O–H groups in total. The predicted molar refractivity (Wildman–Crippen MR) is 66.7 cm³/mol. The maximum absolute atomic E-state index is 11.7. The maximum Gasteiger partial charge on any atom is 0.193 e. The second-order valence-corrected chi connectivity index (χ2v) is 4.78. The number of ketones is 1. The van der Waals surface area contributed by atoms with Gasteiger partial charge in [-0.05, 0) is 0 Å². The summed E-state index contributed by atoms with van der Waals surface area (Å²) in [7, 11) is 0.